The first kappa shape index (κ1) is 18.3. The Morgan fingerprint density at radius 1 is 1.47 bits per heavy atom. The van der Waals surface area contributed by atoms with Crippen molar-refractivity contribution < 1.29 is 19.4 Å². The number of ether oxygens (including phenoxy) is 1. The van der Waals surface area contributed by atoms with Crippen molar-refractivity contribution in [2.45, 2.75) is 38.8 Å². The Bertz CT molecular complexity index is 312. The van der Waals surface area contributed by atoms with Crippen molar-refractivity contribution in [2.24, 2.45) is 5.92 Å². The van der Waals surface area contributed by atoms with Gasteiger partial charge in [0.2, 0.25) is 0 Å². The third kappa shape index (κ3) is 5.85. The standard InChI is InChI=1S/C12H22N2O4.Li/c1-8(2)10(11(15)16)13-12(17)18-7-9-5-4-6-14(9)3;/h8-10H,4-7H2,1-3H3,(H,13,17)(H,15,16);/t9?,10-;/m0./s1. The molecule has 1 rings (SSSR count). The number of likely N-dealkylation sites (tertiary alicyclic amines) is 1. The van der Waals surface area contributed by atoms with Gasteiger partial charge in [0.1, 0.15) is 12.6 Å². The van der Waals surface area contributed by atoms with E-state index < -0.39 is 18.1 Å². The smallest absolute Gasteiger partial charge is 0.407 e. The van der Waals surface area contributed by atoms with Crippen molar-refractivity contribution in [2.75, 3.05) is 20.2 Å². The predicted octanol–water partition coefficient (Wildman–Crippen LogP) is 0.535. The second kappa shape index (κ2) is 8.46. The number of hydrogen-bond acceptors (Lipinski definition) is 4. The summed E-state index contributed by atoms with van der Waals surface area (Å²) in [5.41, 5.74) is 0. The Morgan fingerprint density at radius 3 is 2.53 bits per heavy atom. The van der Waals surface area contributed by atoms with Gasteiger partial charge in [0.05, 0.1) is 0 Å². The number of carboxylic acids is 1. The van der Waals surface area contributed by atoms with E-state index in [0.717, 1.165) is 19.4 Å². The van der Waals surface area contributed by atoms with Gasteiger partial charge in [-0.2, -0.15) is 0 Å². The number of amides is 1. The maximum Gasteiger partial charge on any atom is 0.407 e. The molecule has 19 heavy (non-hydrogen) atoms. The molecule has 1 heterocycles. The van der Waals surface area contributed by atoms with E-state index in [-0.39, 0.29) is 30.8 Å². The van der Waals surface area contributed by atoms with E-state index in [4.69, 9.17) is 9.84 Å². The summed E-state index contributed by atoms with van der Waals surface area (Å²) in [4.78, 5) is 24.6. The summed E-state index contributed by atoms with van der Waals surface area (Å²) >= 11 is 0. The maximum atomic E-state index is 11.5. The number of aliphatic carboxylic acids is 1. The summed E-state index contributed by atoms with van der Waals surface area (Å²) in [6, 6.07) is -0.656. The first-order valence-electron chi connectivity index (χ1n) is 6.28. The molecule has 7 heteroatoms. The number of likely N-dealkylation sites (N-methyl/N-ethyl adjacent to an activating group) is 1. The van der Waals surface area contributed by atoms with Gasteiger partial charge in [-0.15, -0.1) is 0 Å². The zero-order valence-electron chi connectivity index (χ0n) is 12.2. The zero-order valence-corrected chi connectivity index (χ0v) is 12.2. The van der Waals surface area contributed by atoms with Crippen LogP contribution < -0.4 is 5.32 Å². The van der Waals surface area contributed by atoms with Crippen molar-refractivity contribution in [3.05, 3.63) is 0 Å². The molecular formula is C12H22LiN2O4. The molecule has 1 saturated heterocycles. The molecule has 0 aromatic heterocycles. The molecule has 0 bridgehead atoms. The Balaban J connectivity index is 0.00000324. The van der Waals surface area contributed by atoms with Crippen molar-refractivity contribution in [3.63, 3.8) is 0 Å². The number of hydrogen-bond donors (Lipinski definition) is 2. The van der Waals surface area contributed by atoms with Crippen LogP contribution in [-0.4, -0.2) is 73.2 Å². The minimum atomic E-state index is -1.04. The molecule has 2 N–H and O–H groups in total. The molecule has 6 nitrogen and oxygen atoms in total. The van der Waals surface area contributed by atoms with E-state index in [0.29, 0.717) is 6.61 Å². The summed E-state index contributed by atoms with van der Waals surface area (Å²) in [5.74, 6) is -1.22. The molecule has 1 unspecified atom stereocenters. The molecule has 0 aromatic rings. The molecule has 1 radical (unpaired) electrons. The van der Waals surface area contributed by atoms with E-state index in [1.54, 1.807) is 13.8 Å². The number of nitrogens with zero attached hydrogens (tertiary/aromatic N) is 1. The number of carbonyl (C=O) groups excluding carboxylic acids is 1. The number of alkyl carbamates (subject to hydrolysis) is 1. The summed E-state index contributed by atoms with van der Waals surface area (Å²) in [6.07, 6.45) is 1.46. The Kier molecular flexibility index (Phi) is 8.15. The first-order chi connectivity index (χ1) is 8.41. The molecule has 0 aliphatic carbocycles. The van der Waals surface area contributed by atoms with Crippen LogP contribution in [0.1, 0.15) is 26.7 Å². The topological polar surface area (TPSA) is 78.9 Å². The van der Waals surface area contributed by atoms with E-state index in [9.17, 15) is 9.59 Å². The number of carbonyl (C=O) groups is 2. The van der Waals surface area contributed by atoms with E-state index in [1.807, 2.05) is 7.05 Å². The fourth-order valence-electron chi connectivity index (χ4n) is 2.04. The van der Waals surface area contributed by atoms with Crippen LogP contribution in [-0.2, 0) is 9.53 Å². The predicted molar refractivity (Wildman–Crippen MR) is 72.2 cm³/mol. The fraction of sp³-hybridized carbons (Fsp3) is 0.833. The normalized spacial score (nSPS) is 20.7. The molecule has 0 saturated carbocycles. The van der Waals surface area contributed by atoms with Gasteiger partial charge >= 0.3 is 12.1 Å². The first-order valence-corrected chi connectivity index (χ1v) is 6.28. The minimum Gasteiger partial charge on any atom is -0.480 e. The molecule has 1 aliphatic heterocycles. The molecular weight excluding hydrogens is 243 g/mol. The van der Waals surface area contributed by atoms with E-state index in [1.165, 1.54) is 0 Å². The van der Waals surface area contributed by atoms with Crippen LogP contribution in [0.4, 0.5) is 4.79 Å². The summed E-state index contributed by atoms with van der Waals surface area (Å²) in [6.45, 7) is 4.81. The third-order valence-electron chi connectivity index (χ3n) is 3.28. The van der Waals surface area contributed by atoms with Gasteiger partial charge in [-0.3, -0.25) is 0 Å². The quantitative estimate of drug-likeness (QED) is 0.709. The summed E-state index contributed by atoms with van der Waals surface area (Å²) in [7, 11) is 1.99. The average Bonchev–Trinajstić information content (AvgIpc) is 2.68. The summed E-state index contributed by atoms with van der Waals surface area (Å²) < 4.78 is 5.07. The van der Waals surface area contributed by atoms with Gasteiger partial charge < -0.3 is 20.1 Å². The van der Waals surface area contributed by atoms with Crippen LogP contribution in [0.3, 0.4) is 0 Å². The van der Waals surface area contributed by atoms with Gasteiger partial charge in [0, 0.05) is 24.9 Å². The van der Waals surface area contributed by atoms with E-state index in [2.05, 4.69) is 10.2 Å². The van der Waals surface area contributed by atoms with Crippen molar-refractivity contribution in [3.8, 4) is 0 Å². The van der Waals surface area contributed by atoms with Crippen molar-refractivity contribution in [1.29, 1.82) is 0 Å². The number of carboxylic acid groups (broad SMARTS) is 1. The van der Waals surface area contributed by atoms with Gasteiger partial charge in [0.25, 0.3) is 0 Å². The second-order valence-electron chi connectivity index (χ2n) is 5.08. The van der Waals surface area contributed by atoms with Gasteiger partial charge in [-0.25, -0.2) is 9.59 Å². The molecule has 0 spiro atoms. The number of nitrogens with one attached hydrogen (secondary N) is 1. The van der Waals surface area contributed by atoms with E-state index >= 15 is 0 Å². The molecule has 1 fully saturated rings. The molecule has 0 aromatic carbocycles. The van der Waals surface area contributed by atoms with Crippen molar-refractivity contribution in [1.82, 2.24) is 10.2 Å². The second-order valence-corrected chi connectivity index (χ2v) is 5.08. The Morgan fingerprint density at radius 2 is 2.11 bits per heavy atom. The monoisotopic (exact) mass is 265 g/mol. The van der Waals surface area contributed by atoms with Gasteiger partial charge in [-0.1, -0.05) is 13.8 Å². The fourth-order valence-corrected chi connectivity index (χ4v) is 2.04. The van der Waals surface area contributed by atoms with Crippen LogP contribution in [0.15, 0.2) is 0 Å². The van der Waals surface area contributed by atoms with Gasteiger partial charge in [-0.05, 0) is 32.4 Å². The van der Waals surface area contributed by atoms with Crippen LogP contribution in [0.5, 0.6) is 0 Å². The van der Waals surface area contributed by atoms with Crippen LogP contribution in [0.25, 0.3) is 0 Å². The van der Waals surface area contributed by atoms with Gasteiger partial charge in [0.15, 0.2) is 0 Å². The molecule has 105 valence electrons. The number of rotatable bonds is 5. The third-order valence-corrected chi connectivity index (χ3v) is 3.28. The minimum absolute atomic E-state index is 0. The molecule has 1 amide bonds. The maximum absolute atomic E-state index is 11.5. The van der Waals surface area contributed by atoms with Crippen LogP contribution in [0, 0.1) is 5.92 Å². The summed E-state index contributed by atoms with van der Waals surface area (Å²) in [5, 5.41) is 11.3. The zero-order chi connectivity index (χ0) is 13.7. The SMILES string of the molecule is CC(C)[C@H](NC(=O)OCC1CCCN1C)C(=O)O.[Li]. The van der Waals surface area contributed by atoms with Crippen LogP contribution >= 0.6 is 0 Å². The Hall–Kier alpha value is -0.703. The van der Waals surface area contributed by atoms with Crippen molar-refractivity contribution >= 4 is 30.9 Å². The van der Waals surface area contributed by atoms with Crippen LogP contribution in [0.2, 0.25) is 0 Å². The average molecular weight is 265 g/mol. The molecule has 2 atom stereocenters. The largest absolute Gasteiger partial charge is 0.480 e. The molecule has 1 aliphatic rings. The Labute approximate surface area is 126 Å².